The van der Waals surface area contributed by atoms with Crippen LogP contribution in [-0.2, 0) is 4.74 Å². The summed E-state index contributed by atoms with van der Waals surface area (Å²) in [6.07, 6.45) is 3.13. The summed E-state index contributed by atoms with van der Waals surface area (Å²) in [4.78, 5) is 7.88. The number of imidazole rings is 1. The van der Waals surface area contributed by atoms with Crippen molar-refractivity contribution in [2.24, 2.45) is 0 Å². The molecule has 100 valence electrons. The Labute approximate surface area is 120 Å². The zero-order valence-electron chi connectivity index (χ0n) is 10.7. The van der Waals surface area contributed by atoms with E-state index < -0.39 is 0 Å². The number of nitrogens with zero attached hydrogens (tertiary/aromatic N) is 1. The number of nitrogens with one attached hydrogen (secondary N) is 2. The maximum Gasteiger partial charge on any atom is 0.123 e. The molecule has 0 bridgehead atoms. The van der Waals surface area contributed by atoms with Crippen molar-refractivity contribution in [3.05, 3.63) is 40.8 Å². The monoisotopic (exact) mass is 321 g/mol. The molecule has 1 saturated heterocycles. The number of hydrogen-bond donors (Lipinski definition) is 2. The number of H-pyrrole nitrogens is 1. The zero-order valence-corrected chi connectivity index (χ0v) is 12.3. The quantitative estimate of drug-likeness (QED) is 0.913. The van der Waals surface area contributed by atoms with Gasteiger partial charge in [-0.05, 0) is 18.6 Å². The Hall–Kier alpha value is -1.17. The summed E-state index contributed by atoms with van der Waals surface area (Å²) < 4.78 is 6.43. The third kappa shape index (κ3) is 2.73. The van der Waals surface area contributed by atoms with Gasteiger partial charge in [-0.1, -0.05) is 28.1 Å². The second-order valence-electron chi connectivity index (χ2n) is 4.75. The van der Waals surface area contributed by atoms with Crippen LogP contribution in [0.25, 0.3) is 11.3 Å². The van der Waals surface area contributed by atoms with Gasteiger partial charge in [-0.2, -0.15) is 0 Å². The largest absolute Gasteiger partial charge is 0.380 e. The van der Waals surface area contributed by atoms with Crippen LogP contribution in [0.1, 0.15) is 18.3 Å². The van der Waals surface area contributed by atoms with Crippen molar-refractivity contribution in [2.45, 2.75) is 18.6 Å². The lowest BCUT2D eigenvalue weighted by molar-refractivity contribution is 0.117. The van der Waals surface area contributed by atoms with Crippen molar-refractivity contribution in [2.75, 3.05) is 13.7 Å². The van der Waals surface area contributed by atoms with Crippen molar-refractivity contribution >= 4 is 15.9 Å². The summed E-state index contributed by atoms with van der Waals surface area (Å²) in [5.74, 6) is 0.981. The van der Waals surface area contributed by atoms with E-state index in [1.807, 2.05) is 18.3 Å². The Morgan fingerprint density at radius 2 is 2.32 bits per heavy atom. The normalized spacial score (nSPS) is 22.8. The molecule has 0 saturated carbocycles. The molecule has 1 aromatic heterocycles. The zero-order chi connectivity index (χ0) is 13.2. The number of methoxy groups -OCH3 is 1. The van der Waals surface area contributed by atoms with Crippen LogP contribution in [0.3, 0.4) is 0 Å². The van der Waals surface area contributed by atoms with Crippen LogP contribution in [0.15, 0.2) is 34.9 Å². The molecule has 5 heteroatoms. The highest BCUT2D eigenvalue weighted by Crippen LogP contribution is 2.26. The van der Waals surface area contributed by atoms with Gasteiger partial charge in [-0.25, -0.2) is 4.98 Å². The maximum absolute atomic E-state index is 5.36. The lowest BCUT2D eigenvalue weighted by atomic mass is 10.2. The van der Waals surface area contributed by atoms with Crippen molar-refractivity contribution in [3.63, 3.8) is 0 Å². The van der Waals surface area contributed by atoms with Crippen LogP contribution in [-0.4, -0.2) is 29.7 Å². The Morgan fingerprint density at radius 3 is 3.05 bits per heavy atom. The second kappa shape index (κ2) is 5.45. The highest BCUT2D eigenvalue weighted by atomic mass is 79.9. The van der Waals surface area contributed by atoms with E-state index in [1.165, 1.54) is 0 Å². The summed E-state index contributed by atoms with van der Waals surface area (Å²) in [7, 11) is 1.75. The van der Waals surface area contributed by atoms with E-state index in [4.69, 9.17) is 4.74 Å². The molecule has 2 unspecified atom stereocenters. The molecule has 4 nitrogen and oxygen atoms in total. The first-order valence-corrected chi connectivity index (χ1v) is 7.12. The van der Waals surface area contributed by atoms with Crippen LogP contribution in [0.4, 0.5) is 0 Å². The van der Waals surface area contributed by atoms with E-state index in [1.54, 1.807) is 7.11 Å². The smallest absolute Gasteiger partial charge is 0.123 e. The fraction of sp³-hybridized carbons (Fsp3) is 0.357. The number of aromatic nitrogens is 2. The SMILES string of the molecule is COC1CNC(c2ncc(-c3cccc(Br)c3)[nH]2)C1. The van der Waals surface area contributed by atoms with Gasteiger partial charge < -0.3 is 15.0 Å². The van der Waals surface area contributed by atoms with E-state index in [9.17, 15) is 0 Å². The third-order valence-corrected chi connectivity index (χ3v) is 3.98. The molecule has 0 radical (unpaired) electrons. The van der Waals surface area contributed by atoms with E-state index >= 15 is 0 Å². The predicted octanol–water partition coefficient (Wildman–Crippen LogP) is 2.89. The summed E-state index contributed by atoms with van der Waals surface area (Å²) >= 11 is 3.49. The Kier molecular flexibility index (Phi) is 3.68. The lowest BCUT2D eigenvalue weighted by Gasteiger charge is -2.06. The highest BCUT2D eigenvalue weighted by molar-refractivity contribution is 9.10. The fourth-order valence-corrected chi connectivity index (χ4v) is 2.81. The minimum absolute atomic E-state index is 0.255. The van der Waals surface area contributed by atoms with Gasteiger partial charge in [0.05, 0.1) is 24.0 Å². The average molecular weight is 322 g/mol. The maximum atomic E-state index is 5.36. The van der Waals surface area contributed by atoms with E-state index in [2.05, 4.69) is 43.3 Å². The van der Waals surface area contributed by atoms with E-state index in [0.717, 1.165) is 34.5 Å². The van der Waals surface area contributed by atoms with Gasteiger partial charge in [0.2, 0.25) is 0 Å². The summed E-state index contributed by atoms with van der Waals surface area (Å²) in [6, 6.07) is 8.45. The minimum atomic E-state index is 0.255. The van der Waals surface area contributed by atoms with Gasteiger partial charge in [0.25, 0.3) is 0 Å². The molecule has 2 atom stereocenters. The van der Waals surface area contributed by atoms with E-state index in [0.29, 0.717) is 0 Å². The molecule has 19 heavy (non-hydrogen) atoms. The first kappa shape index (κ1) is 12.8. The van der Waals surface area contributed by atoms with Crippen molar-refractivity contribution < 1.29 is 4.74 Å². The van der Waals surface area contributed by atoms with Crippen LogP contribution in [0.5, 0.6) is 0 Å². The minimum Gasteiger partial charge on any atom is -0.380 e. The molecule has 1 fully saturated rings. The second-order valence-corrected chi connectivity index (χ2v) is 5.66. The molecule has 0 amide bonds. The number of hydrogen-bond acceptors (Lipinski definition) is 3. The first-order chi connectivity index (χ1) is 9.26. The predicted molar refractivity (Wildman–Crippen MR) is 77.9 cm³/mol. The van der Waals surface area contributed by atoms with Gasteiger partial charge in [0, 0.05) is 23.7 Å². The molecule has 2 N–H and O–H groups in total. The summed E-state index contributed by atoms with van der Waals surface area (Å²) in [5, 5.41) is 3.42. The topological polar surface area (TPSA) is 49.9 Å². The van der Waals surface area contributed by atoms with Crippen LogP contribution in [0, 0.1) is 0 Å². The molecule has 2 aromatic rings. The van der Waals surface area contributed by atoms with Gasteiger partial charge in [-0.15, -0.1) is 0 Å². The Balaban J connectivity index is 1.80. The summed E-state index contributed by atoms with van der Waals surface area (Å²) in [6.45, 7) is 0.883. The standard InChI is InChI=1S/C14H16BrN3O/c1-19-11-6-12(16-7-11)14-17-8-13(18-14)9-3-2-4-10(15)5-9/h2-5,8,11-12,16H,6-7H2,1H3,(H,17,18). The van der Waals surface area contributed by atoms with Crippen molar-refractivity contribution in [3.8, 4) is 11.3 Å². The number of halogens is 1. The molecule has 1 aliphatic heterocycles. The molecule has 0 aliphatic carbocycles. The molecule has 2 heterocycles. The highest BCUT2D eigenvalue weighted by Gasteiger charge is 2.27. The van der Waals surface area contributed by atoms with Gasteiger partial charge in [0.15, 0.2) is 0 Å². The lowest BCUT2D eigenvalue weighted by Crippen LogP contribution is -2.16. The van der Waals surface area contributed by atoms with Crippen LogP contribution >= 0.6 is 15.9 Å². The van der Waals surface area contributed by atoms with Crippen molar-refractivity contribution in [1.29, 1.82) is 0 Å². The number of ether oxygens (including phenoxy) is 1. The number of rotatable bonds is 3. The van der Waals surface area contributed by atoms with Crippen molar-refractivity contribution in [1.82, 2.24) is 15.3 Å². The fourth-order valence-electron chi connectivity index (χ4n) is 2.41. The summed E-state index contributed by atoms with van der Waals surface area (Å²) in [5.41, 5.74) is 2.17. The van der Waals surface area contributed by atoms with E-state index in [-0.39, 0.29) is 12.1 Å². The number of aromatic amines is 1. The number of benzene rings is 1. The molecular formula is C14H16BrN3O. The first-order valence-electron chi connectivity index (χ1n) is 6.33. The molecular weight excluding hydrogens is 306 g/mol. The Morgan fingerprint density at radius 1 is 1.42 bits per heavy atom. The molecule has 1 aliphatic rings. The van der Waals surface area contributed by atoms with Gasteiger partial charge in [-0.3, -0.25) is 0 Å². The third-order valence-electron chi connectivity index (χ3n) is 3.49. The average Bonchev–Trinajstić information content (AvgIpc) is 3.07. The molecule has 3 rings (SSSR count). The molecule has 0 spiro atoms. The van der Waals surface area contributed by atoms with Crippen LogP contribution < -0.4 is 5.32 Å². The van der Waals surface area contributed by atoms with Gasteiger partial charge in [0.1, 0.15) is 5.82 Å². The Bertz CT molecular complexity index is 569. The molecule has 1 aromatic carbocycles. The van der Waals surface area contributed by atoms with Gasteiger partial charge >= 0.3 is 0 Å². The van der Waals surface area contributed by atoms with Crippen LogP contribution in [0.2, 0.25) is 0 Å².